The smallest absolute Gasteiger partial charge is 0.308 e. The summed E-state index contributed by atoms with van der Waals surface area (Å²) in [6.07, 6.45) is 3.26. The van der Waals surface area contributed by atoms with Gasteiger partial charge in [0.25, 0.3) is 5.91 Å². The van der Waals surface area contributed by atoms with Gasteiger partial charge in [-0.1, -0.05) is 36.4 Å². The molecule has 0 bridgehead atoms. The molecule has 1 aliphatic heterocycles. The lowest BCUT2D eigenvalue weighted by atomic mass is 9.89. The fraction of sp³-hybridized carbons (Fsp3) is 0.333. The Morgan fingerprint density at radius 3 is 2.48 bits per heavy atom. The van der Waals surface area contributed by atoms with Crippen LogP contribution in [0.25, 0.3) is 0 Å². The number of hydrogen-bond donors (Lipinski definition) is 1. The molecule has 1 heterocycles. The molecule has 1 fully saturated rings. The van der Waals surface area contributed by atoms with Gasteiger partial charge in [0.05, 0.1) is 5.92 Å². The molecule has 2 atom stereocenters. The van der Waals surface area contributed by atoms with Crippen LogP contribution in [0, 0.1) is 5.92 Å². The number of fused-ring (bicyclic) bond motifs is 1. The molecular formula is C21H21NO3. The highest BCUT2D eigenvalue weighted by Crippen LogP contribution is 2.34. The van der Waals surface area contributed by atoms with E-state index in [4.69, 9.17) is 0 Å². The summed E-state index contributed by atoms with van der Waals surface area (Å²) in [6, 6.07) is 15.6. The summed E-state index contributed by atoms with van der Waals surface area (Å²) in [5.74, 6) is -1.60. The van der Waals surface area contributed by atoms with Gasteiger partial charge in [-0.3, -0.25) is 9.59 Å². The number of carbonyl (C=O) groups excluding carboxylic acids is 1. The van der Waals surface area contributed by atoms with E-state index in [1.165, 1.54) is 11.1 Å². The summed E-state index contributed by atoms with van der Waals surface area (Å²) >= 11 is 0. The average Bonchev–Trinajstić information content (AvgIpc) is 3.28. The van der Waals surface area contributed by atoms with Crippen LogP contribution >= 0.6 is 0 Å². The Morgan fingerprint density at radius 2 is 1.72 bits per heavy atom. The zero-order valence-corrected chi connectivity index (χ0v) is 14.0. The number of nitrogens with zero attached hydrogens (tertiary/aromatic N) is 1. The molecule has 1 N–H and O–H groups in total. The number of carbonyl (C=O) groups is 2. The van der Waals surface area contributed by atoms with Crippen LogP contribution in [0.4, 0.5) is 0 Å². The molecule has 1 amide bonds. The van der Waals surface area contributed by atoms with E-state index in [0.29, 0.717) is 12.1 Å². The maximum atomic E-state index is 12.9. The largest absolute Gasteiger partial charge is 0.481 e. The summed E-state index contributed by atoms with van der Waals surface area (Å²) in [5.41, 5.74) is 4.26. The zero-order chi connectivity index (χ0) is 17.4. The van der Waals surface area contributed by atoms with Gasteiger partial charge < -0.3 is 10.0 Å². The fourth-order valence-electron chi connectivity index (χ4n) is 4.15. The third-order valence-electron chi connectivity index (χ3n) is 5.50. The van der Waals surface area contributed by atoms with Crippen LogP contribution in [0.3, 0.4) is 0 Å². The van der Waals surface area contributed by atoms with Gasteiger partial charge in [-0.05, 0) is 48.1 Å². The number of hydrogen-bond acceptors (Lipinski definition) is 2. The normalized spacial score (nSPS) is 22.0. The van der Waals surface area contributed by atoms with Gasteiger partial charge in [0, 0.05) is 24.6 Å². The van der Waals surface area contributed by atoms with Crippen LogP contribution < -0.4 is 0 Å². The fourth-order valence-corrected chi connectivity index (χ4v) is 4.15. The first-order valence-corrected chi connectivity index (χ1v) is 8.82. The highest BCUT2D eigenvalue weighted by atomic mass is 16.4. The summed E-state index contributed by atoms with van der Waals surface area (Å²) in [7, 11) is 0. The third-order valence-corrected chi connectivity index (χ3v) is 5.50. The Labute approximate surface area is 147 Å². The summed E-state index contributed by atoms with van der Waals surface area (Å²) in [5, 5.41) is 9.60. The lowest BCUT2D eigenvalue weighted by molar-refractivity contribution is -0.141. The SMILES string of the molecule is O=C(O)[C@@H]1CN(C(=O)c2ccc3c(c2)CCC3)C[C@@H]1c1ccccc1. The number of likely N-dealkylation sites (tertiary alicyclic amines) is 1. The average molecular weight is 335 g/mol. The van der Waals surface area contributed by atoms with Crippen LogP contribution in [-0.4, -0.2) is 35.0 Å². The number of benzene rings is 2. The second kappa shape index (κ2) is 6.36. The molecule has 4 rings (SSSR count). The van der Waals surface area contributed by atoms with Crippen LogP contribution in [-0.2, 0) is 17.6 Å². The van der Waals surface area contributed by atoms with Crippen molar-refractivity contribution in [2.45, 2.75) is 25.2 Å². The van der Waals surface area contributed by atoms with E-state index >= 15 is 0 Å². The van der Waals surface area contributed by atoms with Crippen molar-refractivity contribution < 1.29 is 14.7 Å². The summed E-state index contributed by atoms with van der Waals surface area (Å²) < 4.78 is 0. The molecule has 1 saturated heterocycles. The van der Waals surface area contributed by atoms with Gasteiger partial charge in [-0.2, -0.15) is 0 Å². The molecule has 0 spiro atoms. The Morgan fingerprint density at radius 1 is 0.960 bits per heavy atom. The number of aliphatic carboxylic acids is 1. The first kappa shape index (κ1) is 15.9. The van der Waals surface area contributed by atoms with E-state index in [2.05, 4.69) is 6.07 Å². The Kier molecular flexibility index (Phi) is 4.04. The first-order chi connectivity index (χ1) is 12.1. The maximum Gasteiger partial charge on any atom is 0.308 e. The van der Waals surface area contributed by atoms with Crippen molar-refractivity contribution >= 4 is 11.9 Å². The highest BCUT2D eigenvalue weighted by Gasteiger charge is 2.40. The molecule has 4 heteroatoms. The van der Waals surface area contributed by atoms with Crippen molar-refractivity contribution in [3.8, 4) is 0 Å². The monoisotopic (exact) mass is 335 g/mol. The van der Waals surface area contributed by atoms with Crippen LogP contribution in [0.15, 0.2) is 48.5 Å². The maximum absolute atomic E-state index is 12.9. The summed E-state index contributed by atoms with van der Waals surface area (Å²) in [6.45, 7) is 0.724. The van der Waals surface area contributed by atoms with Crippen molar-refractivity contribution in [3.63, 3.8) is 0 Å². The van der Waals surface area contributed by atoms with Gasteiger partial charge >= 0.3 is 5.97 Å². The quantitative estimate of drug-likeness (QED) is 0.937. The van der Waals surface area contributed by atoms with E-state index < -0.39 is 11.9 Å². The molecule has 2 aliphatic rings. The van der Waals surface area contributed by atoms with Crippen molar-refractivity contribution in [2.75, 3.05) is 13.1 Å². The lowest BCUT2D eigenvalue weighted by Crippen LogP contribution is -2.30. The molecule has 25 heavy (non-hydrogen) atoms. The molecule has 0 radical (unpaired) electrons. The second-order valence-electron chi connectivity index (χ2n) is 7.01. The predicted molar refractivity (Wildman–Crippen MR) is 94.7 cm³/mol. The molecule has 0 aromatic heterocycles. The molecule has 2 aromatic carbocycles. The van der Waals surface area contributed by atoms with Crippen molar-refractivity contribution in [3.05, 3.63) is 70.8 Å². The number of rotatable bonds is 3. The molecule has 0 saturated carbocycles. The molecule has 4 nitrogen and oxygen atoms in total. The predicted octanol–water partition coefficient (Wildman–Crippen LogP) is 3.12. The minimum absolute atomic E-state index is 0.0561. The standard InChI is InChI=1S/C21H21NO3/c23-20(17-10-9-14-7-4-8-16(14)11-17)22-12-18(19(13-22)21(24)25)15-5-2-1-3-6-15/h1-3,5-6,9-11,18-19H,4,7-8,12-13H2,(H,24,25)/t18-,19-/m1/s1. The minimum Gasteiger partial charge on any atom is -0.481 e. The third kappa shape index (κ3) is 2.93. The number of amides is 1. The molecule has 1 aliphatic carbocycles. The minimum atomic E-state index is -0.835. The zero-order valence-electron chi connectivity index (χ0n) is 14.0. The van der Waals surface area contributed by atoms with Gasteiger partial charge in [-0.15, -0.1) is 0 Å². The van der Waals surface area contributed by atoms with E-state index in [1.54, 1.807) is 4.90 Å². The molecule has 128 valence electrons. The highest BCUT2D eigenvalue weighted by molar-refractivity contribution is 5.95. The van der Waals surface area contributed by atoms with Crippen LogP contribution in [0.5, 0.6) is 0 Å². The Hall–Kier alpha value is -2.62. The van der Waals surface area contributed by atoms with Crippen molar-refractivity contribution in [1.29, 1.82) is 0 Å². The van der Waals surface area contributed by atoms with Gasteiger partial charge in [0.15, 0.2) is 0 Å². The van der Waals surface area contributed by atoms with E-state index in [1.807, 2.05) is 42.5 Å². The number of carboxylic acid groups (broad SMARTS) is 1. The van der Waals surface area contributed by atoms with Gasteiger partial charge in [0.1, 0.15) is 0 Å². The lowest BCUT2D eigenvalue weighted by Gasteiger charge is -2.17. The second-order valence-corrected chi connectivity index (χ2v) is 7.01. The summed E-state index contributed by atoms with van der Waals surface area (Å²) in [4.78, 5) is 26.3. The topological polar surface area (TPSA) is 57.6 Å². The molecule has 0 unspecified atom stereocenters. The Balaban J connectivity index is 1.59. The molecular weight excluding hydrogens is 314 g/mol. The van der Waals surface area contributed by atoms with Crippen LogP contribution in [0.2, 0.25) is 0 Å². The number of aryl methyl sites for hydroxylation is 2. The van der Waals surface area contributed by atoms with E-state index in [0.717, 1.165) is 24.8 Å². The molecule has 2 aromatic rings. The van der Waals surface area contributed by atoms with Crippen molar-refractivity contribution in [2.24, 2.45) is 5.92 Å². The van der Waals surface area contributed by atoms with Crippen LogP contribution in [0.1, 0.15) is 39.4 Å². The van der Waals surface area contributed by atoms with Gasteiger partial charge in [0.2, 0.25) is 0 Å². The Bertz CT molecular complexity index is 815. The number of carboxylic acids is 1. The van der Waals surface area contributed by atoms with Gasteiger partial charge in [-0.25, -0.2) is 0 Å². The van der Waals surface area contributed by atoms with E-state index in [-0.39, 0.29) is 18.4 Å². The first-order valence-electron chi connectivity index (χ1n) is 8.82. The van der Waals surface area contributed by atoms with E-state index in [9.17, 15) is 14.7 Å². The van der Waals surface area contributed by atoms with Crippen molar-refractivity contribution in [1.82, 2.24) is 4.90 Å².